The molecule has 1 rings (SSSR count). The van der Waals surface area contributed by atoms with Crippen LogP contribution >= 0.6 is 0 Å². The highest BCUT2D eigenvalue weighted by atomic mass is 16.6. The van der Waals surface area contributed by atoms with Crippen LogP contribution < -0.4 is 5.32 Å². The fourth-order valence-corrected chi connectivity index (χ4v) is 1.72. The molecule has 112 valence electrons. The quantitative estimate of drug-likeness (QED) is 0.778. The molecule has 5 nitrogen and oxygen atoms in total. The van der Waals surface area contributed by atoms with E-state index in [1.165, 1.54) is 0 Å². The summed E-state index contributed by atoms with van der Waals surface area (Å²) < 4.78 is 5.25. The normalized spacial score (nSPS) is 14.7. The zero-order valence-electron chi connectivity index (χ0n) is 12.6. The van der Waals surface area contributed by atoms with Crippen LogP contribution in [0.2, 0.25) is 0 Å². The van der Waals surface area contributed by atoms with E-state index in [1.54, 1.807) is 24.5 Å². The summed E-state index contributed by atoms with van der Waals surface area (Å²) in [6.07, 6.45) is 2.95. The standard InChI is InChI=1S/C15H24N2O3/c1-11(9-14(19)20-15(2,3)4)17-10-13(18)12-5-7-16-8-6-12/h5-8,11,13,17-18H,9-10H2,1-4H3. The number of rotatable bonds is 6. The smallest absolute Gasteiger partial charge is 0.307 e. The number of aliphatic hydroxyl groups is 1. The van der Waals surface area contributed by atoms with E-state index in [9.17, 15) is 9.90 Å². The van der Waals surface area contributed by atoms with Crippen molar-refractivity contribution in [1.82, 2.24) is 10.3 Å². The summed E-state index contributed by atoms with van der Waals surface area (Å²) in [5, 5.41) is 13.1. The van der Waals surface area contributed by atoms with Crippen molar-refractivity contribution in [3.63, 3.8) is 0 Å². The van der Waals surface area contributed by atoms with E-state index < -0.39 is 11.7 Å². The highest BCUT2D eigenvalue weighted by Gasteiger charge is 2.18. The van der Waals surface area contributed by atoms with Crippen LogP contribution in [0.1, 0.15) is 45.8 Å². The molecule has 0 saturated heterocycles. The SMILES string of the molecule is CC(CC(=O)OC(C)(C)C)NCC(O)c1ccncc1. The Kier molecular flexibility index (Phi) is 6.10. The van der Waals surface area contributed by atoms with Gasteiger partial charge in [0.2, 0.25) is 0 Å². The van der Waals surface area contributed by atoms with Crippen LogP contribution in [0.4, 0.5) is 0 Å². The van der Waals surface area contributed by atoms with Crippen molar-refractivity contribution < 1.29 is 14.6 Å². The molecule has 5 heteroatoms. The van der Waals surface area contributed by atoms with Crippen LogP contribution in [0.25, 0.3) is 0 Å². The van der Waals surface area contributed by atoms with Gasteiger partial charge in [0.25, 0.3) is 0 Å². The average molecular weight is 280 g/mol. The first-order valence-electron chi connectivity index (χ1n) is 6.81. The number of hydrogen-bond donors (Lipinski definition) is 2. The maximum absolute atomic E-state index is 11.7. The van der Waals surface area contributed by atoms with E-state index in [-0.39, 0.29) is 18.4 Å². The highest BCUT2D eigenvalue weighted by molar-refractivity contribution is 5.70. The largest absolute Gasteiger partial charge is 0.460 e. The van der Waals surface area contributed by atoms with Crippen LogP contribution in [-0.2, 0) is 9.53 Å². The summed E-state index contributed by atoms with van der Waals surface area (Å²) in [7, 11) is 0. The third kappa shape index (κ3) is 6.63. The molecule has 20 heavy (non-hydrogen) atoms. The summed E-state index contributed by atoms with van der Waals surface area (Å²) in [6.45, 7) is 7.81. The van der Waals surface area contributed by atoms with Gasteiger partial charge in [0.15, 0.2) is 0 Å². The van der Waals surface area contributed by atoms with Gasteiger partial charge in [-0.25, -0.2) is 0 Å². The van der Waals surface area contributed by atoms with Crippen molar-refractivity contribution in [2.45, 2.75) is 51.9 Å². The second kappa shape index (κ2) is 7.36. The zero-order valence-corrected chi connectivity index (χ0v) is 12.6. The molecule has 0 aliphatic carbocycles. The molecule has 0 saturated carbocycles. The minimum absolute atomic E-state index is 0.0543. The third-order valence-corrected chi connectivity index (χ3v) is 2.64. The summed E-state index contributed by atoms with van der Waals surface area (Å²) in [5.74, 6) is -0.240. The number of esters is 1. The van der Waals surface area contributed by atoms with Gasteiger partial charge in [-0.2, -0.15) is 0 Å². The molecule has 2 unspecified atom stereocenters. The minimum atomic E-state index is -0.612. The van der Waals surface area contributed by atoms with Gasteiger partial charge in [0, 0.05) is 25.0 Å². The van der Waals surface area contributed by atoms with Crippen LogP contribution in [-0.4, -0.2) is 34.2 Å². The van der Waals surface area contributed by atoms with E-state index >= 15 is 0 Å². The summed E-state index contributed by atoms with van der Waals surface area (Å²) in [4.78, 5) is 15.6. The first kappa shape index (κ1) is 16.6. The predicted octanol–water partition coefficient (Wildman–Crippen LogP) is 1.82. The van der Waals surface area contributed by atoms with Crippen LogP contribution in [0.5, 0.6) is 0 Å². The molecule has 0 aliphatic heterocycles. The van der Waals surface area contributed by atoms with Crippen LogP contribution in [0.3, 0.4) is 0 Å². The van der Waals surface area contributed by atoms with Gasteiger partial charge in [-0.05, 0) is 45.4 Å². The molecule has 0 aromatic carbocycles. The molecular weight excluding hydrogens is 256 g/mol. The summed E-state index contributed by atoms with van der Waals surface area (Å²) in [5.41, 5.74) is 0.338. The Morgan fingerprint density at radius 2 is 2.00 bits per heavy atom. The Labute approximate surface area is 120 Å². The van der Waals surface area contributed by atoms with Gasteiger partial charge < -0.3 is 15.2 Å². The molecule has 0 aliphatic rings. The minimum Gasteiger partial charge on any atom is -0.460 e. The van der Waals surface area contributed by atoms with E-state index in [1.807, 2.05) is 27.7 Å². The van der Waals surface area contributed by atoms with Crippen molar-refractivity contribution >= 4 is 5.97 Å². The van der Waals surface area contributed by atoms with Crippen molar-refractivity contribution in [3.8, 4) is 0 Å². The average Bonchev–Trinajstić information content (AvgIpc) is 2.34. The Morgan fingerprint density at radius 1 is 1.40 bits per heavy atom. The molecule has 0 amide bonds. The van der Waals surface area contributed by atoms with Gasteiger partial charge in [-0.15, -0.1) is 0 Å². The fraction of sp³-hybridized carbons (Fsp3) is 0.600. The van der Waals surface area contributed by atoms with E-state index in [0.29, 0.717) is 6.54 Å². The second-order valence-corrected chi connectivity index (χ2v) is 5.90. The van der Waals surface area contributed by atoms with Crippen molar-refractivity contribution in [2.24, 2.45) is 0 Å². The van der Waals surface area contributed by atoms with Gasteiger partial charge in [-0.1, -0.05) is 0 Å². The molecule has 2 N–H and O–H groups in total. The fourth-order valence-electron chi connectivity index (χ4n) is 1.72. The summed E-state index contributed by atoms with van der Waals surface area (Å²) in [6, 6.07) is 3.48. The van der Waals surface area contributed by atoms with Crippen molar-refractivity contribution in [3.05, 3.63) is 30.1 Å². The van der Waals surface area contributed by atoms with Gasteiger partial charge >= 0.3 is 5.97 Å². The van der Waals surface area contributed by atoms with E-state index in [4.69, 9.17) is 4.74 Å². The van der Waals surface area contributed by atoms with Crippen LogP contribution in [0.15, 0.2) is 24.5 Å². The Bertz CT molecular complexity index is 415. The maximum atomic E-state index is 11.7. The Balaban J connectivity index is 2.33. The summed E-state index contributed by atoms with van der Waals surface area (Å²) >= 11 is 0. The lowest BCUT2D eigenvalue weighted by Gasteiger charge is -2.22. The zero-order chi connectivity index (χ0) is 15.2. The molecule has 1 aromatic rings. The molecule has 1 heterocycles. The number of carbonyl (C=O) groups excluding carboxylic acids is 1. The third-order valence-electron chi connectivity index (χ3n) is 2.64. The van der Waals surface area contributed by atoms with Gasteiger partial charge in [0.05, 0.1) is 12.5 Å². The molecule has 0 radical (unpaired) electrons. The first-order valence-corrected chi connectivity index (χ1v) is 6.81. The van der Waals surface area contributed by atoms with Gasteiger partial charge in [-0.3, -0.25) is 9.78 Å². The number of nitrogens with zero attached hydrogens (tertiary/aromatic N) is 1. The Morgan fingerprint density at radius 3 is 2.55 bits per heavy atom. The first-order chi connectivity index (χ1) is 9.28. The lowest BCUT2D eigenvalue weighted by molar-refractivity contribution is -0.155. The number of hydrogen-bond acceptors (Lipinski definition) is 5. The lowest BCUT2D eigenvalue weighted by atomic mass is 10.1. The van der Waals surface area contributed by atoms with Crippen molar-refractivity contribution in [1.29, 1.82) is 0 Å². The molecule has 2 atom stereocenters. The number of carbonyl (C=O) groups is 1. The number of ether oxygens (including phenoxy) is 1. The highest BCUT2D eigenvalue weighted by Crippen LogP contribution is 2.11. The van der Waals surface area contributed by atoms with Crippen LogP contribution in [0, 0.1) is 0 Å². The topological polar surface area (TPSA) is 71.5 Å². The monoisotopic (exact) mass is 280 g/mol. The number of nitrogens with one attached hydrogen (secondary N) is 1. The lowest BCUT2D eigenvalue weighted by Crippen LogP contribution is -2.34. The molecular formula is C15H24N2O3. The van der Waals surface area contributed by atoms with Crippen molar-refractivity contribution in [2.75, 3.05) is 6.54 Å². The maximum Gasteiger partial charge on any atom is 0.307 e. The number of aliphatic hydroxyl groups excluding tert-OH is 1. The molecule has 0 spiro atoms. The molecule has 0 fully saturated rings. The van der Waals surface area contributed by atoms with E-state index in [0.717, 1.165) is 5.56 Å². The predicted molar refractivity (Wildman–Crippen MR) is 77.1 cm³/mol. The Hall–Kier alpha value is -1.46. The molecule has 1 aromatic heterocycles. The number of aromatic nitrogens is 1. The van der Waals surface area contributed by atoms with E-state index in [2.05, 4.69) is 10.3 Å². The number of pyridine rings is 1. The molecule has 0 bridgehead atoms. The second-order valence-electron chi connectivity index (χ2n) is 5.90. The van der Waals surface area contributed by atoms with Gasteiger partial charge in [0.1, 0.15) is 5.60 Å².